The van der Waals surface area contributed by atoms with Gasteiger partial charge in [0.1, 0.15) is 5.75 Å². The quantitative estimate of drug-likeness (QED) is 0.852. The van der Waals surface area contributed by atoms with E-state index in [0.717, 1.165) is 0 Å². The molecular weight excluding hydrogens is 276 g/mol. The molecule has 0 atom stereocenters. The van der Waals surface area contributed by atoms with Crippen LogP contribution in [0.3, 0.4) is 0 Å². The van der Waals surface area contributed by atoms with Gasteiger partial charge in [-0.25, -0.2) is 0 Å². The number of anilines is 2. The van der Waals surface area contributed by atoms with Gasteiger partial charge < -0.3 is 15.7 Å². The Morgan fingerprint density at radius 3 is 2.65 bits per heavy atom. The first kappa shape index (κ1) is 14.2. The van der Waals surface area contributed by atoms with Crippen LogP contribution in [0.4, 0.5) is 11.4 Å². The van der Waals surface area contributed by atoms with Gasteiger partial charge in [-0.2, -0.15) is 0 Å². The summed E-state index contributed by atoms with van der Waals surface area (Å²) in [5.74, 6) is -0.125. The molecule has 0 fully saturated rings. The fourth-order valence-corrected chi connectivity index (χ4v) is 2.22. The zero-order valence-electron chi connectivity index (χ0n) is 11.0. The lowest BCUT2D eigenvalue weighted by Crippen LogP contribution is -2.30. The third-order valence-corrected chi connectivity index (χ3v) is 3.24. The van der Waals surface area contributed by atoms with E-state index in [2.05, 4.69) is 0 Å². The molecular formula is C15H15ClN2O2. The first-order valence-corrected chi connectivity index (χ1v) is 6.56. The van der Waals surface area contributed by atoms with Crippen molar-refractivity contribution in [2.24, 2.45) is 0 Å². The average Bonchev–Trinajstić information content (AvgIpc) is 2.39. The Morgan fingerprint density at radius 2 is 2.05 bits per heavy atom. The van der Waals surface area contributed by atoms with Crippen molar-refractivity contribution in [2.75, 3.05) is 17.2 Å². The maximum atomic E-state index is 12.5. The van der Waals surface area contributed by atoms with Gasteiger partial charge in [-0.3, -0.25) is 4.79 Å². The third kappa shape index (κ3) is 2.86. The summed E-state index contributed by atoms with van der Waals surface area (Å²) in [4.78, 5) is 14.1. The number of hydrogen-bond donors (Lipinski definition) is 2. The summed E-state index contributed by atoms with van der Waals surface area (Å²) in [6.07, 6.45) is 0. The lowest BCUT2D eigenvalue weighted by molar-refractivity contribution is 0.0988. The van der Waals surface area contributed by atoms with Gasteiger partial charge in [-0.15, -0.1) is 0 Å². The topological polar surface area (TPSA) is 66.6 Å². The van der Waals surface area contributed by atoms with E-state index >= 15 is 0 Å². The Hall–Kier alpha value is -2.20. The maximum absolute atomic E-state index is 12.5. The van der Waals surface area contributed by atoms with Crippen molar-refractivity contribution in [1.29, 1.82) is 0 Å². The zero-order chi connectivity index (χ0) is 14.7. The second-order valence-electron chi connectivity index (χ2n) is 4.31. The van der Waals surface area contributed by atoms with Crippen molar-refractivity contribution in [3.63, 3.8) is 0 Å². The molecule has 3 N–H and O–H groups in total. The van der Waals surface area contributed by atoms with Gasteiger partial charge in [0.05, 0.1) is 10.6 Å². The second-order valence-corrected chi connectivity index (χ2v) is 4.72. The number of rotatable bonds is 3. The lowest BCUT2D eigenvalue weighted by atomic mass is 10.1. The number of nitrogen functional groups attached to an aromatic ring is 1. The van der Waals surface area contributed by atoms with Crippen LogP contribution in [0.1, 0.15) is 17.3 Å². The third-order valence-electron chi connectivity index (χ3n) is 2.93. The fraction of sp³-hybridized carbons (Fsp3) is 0.133. The SMILES string of the molecule is CCN(C(=O)c1ccc(N)cc1Cl)c1cccc(O)c1. The standard InChI is InChI=1S/C15H15ClN2O2/c1-2-18(11-4-3-5-12(19)9-11)15(20)13-7-6-10(17)8-14(13)16/h3-9,19H,2,17H2,1H3. The highest BCUT2D eigenvalue weighted by atomic mass is 35.5. The molecule has 0 bridgehead atoms. The molecule has 0 aliphatic rings. The van der Waals surface area contributed by atoms with E-state index in [1.54, 1.807) is 36.4 Å². The molecule has 2 rings (SSSR count). The predicted octanol–water partition coefficient (Wildman–Crippen LogP) is 3.29. The largest absolute Gasteiger partial charge is 0.508 e. The lowest BCUT2D eigenvalue weighted by Gasteiger charge is -2.21. The monoisotopic (exact) mass is 290 g/mol. The molecule has 2 aromatic carbocycles. The number of carbonyl (C=O) groups excluding carboxylic acids is 1. The van der Waals surface area contributed by atoms with Crippen molar-refractivity contribution in [1.82, 2.24) is 0 Å². The molecule has 0 unspecified atom stereocenters. The number of nitrogens with zero attached hydrogens (tertiary/aromatic N) is 1. The maximum Gasteiger partial charge on any atom is 0.259 e. The van der Waals surface area contributed by atoms with Crippen LogP contribution in [0.25, 0.3) is 0 Å². The van der Waals surface area contributed by atoms with E-state index < -0.39 is 0 Å². The molecule has 0 spiro atoms. The summed E-state index contributed by atoms with van der Waals surface area (Å²) in [7, 11) is 0. The Balaban J connectivity index is 2.39. The Bertz CT molecular complexity index is 644. The van der Waals surface area contributed by atoms with Crippen molar-refractivity contribution in [2.45, 2.75) is 6.92 Å². The van der Waals surface area contributed by atoms with Crippen LogP contribution >= 0.6 is 11.6 Å². The minimum atomic E-state index is -0.233. The number of aromatic hydroxyl groups is 1. The molecule has 0 saturated heterocycles. The molecule has 4 nitrogen and oxygen atoms in total. The minimum absolute atomic E-state index is 0.108. The van der Waals surface area contributed by atoms with Gasteiger partial charge in [0, 0.05) is 24.0 Å². The van der Waals surface area contributed by atoms with Crippen LogP contribution < -0.4 is 10.6 Å². The smallest absolute Gasteiger partial charge is 0.259 e. The Labute approximate surface area is 122 Å². The van der Waals surface area contributed by atoms with Gasteiger partial charge in [-0.05, 0) is 37.3 Å². The van der Waals surface area contributed by atoms with E-state index in [1.165, 1.54) is 11.0 Å². The molecule has 0 aliphatic carbocycles. The molecule has 5 heteroatoms. The van der Waals surface area contributed by atoms with Crippen LogP contribution in [-0.2, 0) is 0 Å². The van der Waals surface area contributed by atoms with Gasteiger partial charge >= 0.3 is 0 Å². The van der Waals surface area contributed by atoms with Gasteiger partial charge in [-0.1, -0.05) is 17.7 Å². The van der Waals surface area contributed by atoms with Gasteiger partial charge in [0.15, 0.2) is 0 Å². The summed E-state index contributed by atoms with van der Waals surface area (Å²) in [5, 5.41) is 9.83. The van der Waals surface area contributed by atoms with Crippen LogP contribution in [-0.4, -0.2) is 17.6 Å². The molecule has 0 heterocycles. The Morgan fingerprint density at radius 1 is 1.30 bits per heavy atom. The summed E-state index contributed by atoms with van der Waals surface area (Å²) in [5.41, 5.74) is 7.13. The molecule has 0 aliphatic heterocycles. The molecule has 104 valence electrons. The number of benzene rings is 2. The Kier molecular flexibility index (Phi) is 4.15. The normalized spacial score (nSPS) is 10.3. The van der Waals surface area contributed by atoms with Crippen LogP contribution in [0.15, 0.2) is 42.5 Å². The van der Waals surface area contributed by atoms with E-state index in [1.807, 2.05) is 6.92 Å². The molecule has 20 heavy (non-hydrogen) atoms. The van der Waals surface area contributed by atoms with Crippen molar-refractivity contribution >= 4 is 28.9 Å². The number of phenolic OH excluding ortho intramolecular Hbond substituents is 1. The zero-order valence-corrected chi connectivity index (χ0v) is 11.8. The van der Waals surface area contributed by atoms with Gasteiger partial charge in [0.2, 0.25) is 0 Å². The van der Waals surface area contributed by atoms with Crippen LogP contribution in [0.5, 0.6) is 5.75 Å². The summed E-state index contributed by atoms with van der Waals surface area (Å²) in [6.45, 7) is 2.32. The fourth-order valence-electron chi connectivity index (χ4n) is 1.95. The van der Waals surface area contributed by atoms with Crippen LogP contribution in [0.2, 0.25) is 5.02 Å². The minimum Gasteiger partial charge on any atom is -0.508 e. The van der Waals surface area contributed by atoms with Gasteiger partial charge in [0.25, 0.3) is 5.91 Å². The van der Waals surface area contributed by atoms with E-state index in [-0.39, 0.29) is 11.7 Å². The van der Waals surface area contributed by atoms with E-state index in [4.69, 9.17) is 17.3 Å². The molecule has 2 aromatic rings. The predicted molar refractivity (Wildman–Crippen MR) is 81.3 cm³/mol. The number of amides is 1. The summed E-state index contributed by atoms with van der Waals surface area (Å²) in [6, 6.07) is 11.3. The number of carbonyl (C=O) groups is 1. The first-order valence-electron chi connectivity index (χ1n) is 6.19. The van der Waals surface area contributed by atoms with Crippen molar-refractivity contribution in [3.05, 3.63) is 53.1 Å². The molecule has 0 saturated carbocycles. The highest BCUT2D eigenvalue weighted by Crippen LogP contribution is 2.25. The van der Waals surface area contributed by atoms with Crippen molar-refractivity contribution in [3.8, 4) is 5.75 Å². The van der Waals surface area contributed by atoms with E-state index in [0.29, 0.717) is 28.5 Å². The van der Waals surface area contributed by atoms with E-state index in [9.17, 15) is 9.90 Å². The van der Waals surface area contributed by atoms with Crippen LogP contribution in [0, 0.1) is 0 Å². The summed E-state index contributed by atoms with van der Waals surface area (Å²) < 4.78 is 0. The summed E-state index contributed by atoms with van der Waals surface area (Å²) >= 11 is 6.07. The highest BCUT2D eigenvalue weighted by Gasteiger charge is 2.19. The first-order chi connectivity index (χ1) is 9.52. The number of hydrogen-bond acceptors (Lipinski definition) is 3. The highest BCUT2D eigenvalue weighted by molar-refractivity contribution is 6.34. The number of phenols is 1. The number of nitrogens with two attached hydrogens (primary N) is 1. The molecule has 0 aromatic heterocycles. The average molecular weight is 291 g/mol. The molecule has 0 radical (unpaired) electrons. The number of halogens is 1. The molecule has 1 amide bonds. The second kappa shape index (κ2) is 5.84. The van der Waals surface area contributed by atoms with Crippen molar-refractivity contribution < 1.29 is 9.90 Å².